The van der Waals surface area contributed by atoms with Crippen molar-refractivity contribution in [2.45, 2.75) is 46.1 Å². The molecular formula is C16H25ClN2O. The fourth-order valence-electron chi connectivity index (χ4n) is 3.21. The largest absolute Gasteiger partial charge is 0.399 e. The monoisotopic (exact) mass is 296 g/mol. The molecule has 0 heterocycles. The molecule has 2 atom stereocenters. The fourth-order valence-corrected chi connectivity index (χ4v) is 3.21. The second-order valence-corrected chi connectivity index (χ2v) is 6.16. The highest BCUT2D eigenvalue weighted by atomic mass is 35.5. The number of nitrogen functional groups attached to an aromatic ring is 1. The van der Waals surface area contributed by atoms with Crippen LogP contribution in [0.5, 0.6) is 0 Å². The van der Waals surface area contributed by atoms with Crippen LogP contribution in [0.2, 0.25) is 0 Å². The molecule has 1 aliphatic carbocycles. The first kappa shape index (κ1) is 16.8. The predicted molar refractivity (Wildman–Crippen MR) is 86.3 cm³/mol. The summed E-state index contributed by atoms with van der Waals surface area (Å²) in [6.45, 7) is 6.47. The van der Waals surface area contributed by atoms with E-state index in [1.54, 1.807) is 6.07 Å². The van der Waals surface area contributed by atoms with Crippen LogP contribution >= 0.6 is 12.4 Å². The highest BCUT2D eigenvalue weighted by molar-refractivity contribution is 5.96. The van der Waals surface area contributed by atoms with Crippen molar-refractivity contribution >= 4 is 24.0 Å². The molecule has 0 aliphatic heterocycles. The van der Waals surface area contributed by atoms with Gasteiger partial charge in [0.05, 0.1) is 0 Å². The Morgan fingerprint density at radius 2 is 1.80 bits per heavy atom. The first-order chi connectivity index (χ1) is 8.95. The molecule has 0 aromatic heterocycles. The summed E-state index contributed by atoms with van der Waals surface area (Å²) >= 11 is 0. The van der Waals surface area contributed by atoms with Crippen LogP contribution in [0.15, 0.2) is 18.2 Å². The highest BCUT2D eigenvalue weighted by Crippen LogP contribution is 2.28. The molecule has 3 N–H and O–H groups in total. The van der Waals surface area contributed by atoms with Gasteiger partial charge in [-0.3, -0.25) is 4.79 Å². The molecule has 1 saturated carbocycles. The summed E-state index contributed by atoms with van der Waals surface area (Å²) in [7, 11) is 0. The maximum Gasteiger partial charge on any atom is 0.251 e. The first-order valence-electron chi connectivity index (χ1n) is 7.12. The number of anilines is 1. The number of halogens is 1. The summed E-state index contributed by atoms with van der Waals surface area (Å²) in [5, 5.41) is 3.17. The summed E-state index contributed by atoms with van der Waals surface area (Å²) < 4.78 is 0. The van der Waals surface area contributed by atoms with E-state index in [2.05, 4.69) is 19.2 Å². The Morgan fingerprint density at radius 1 is 1.20 bits per heavy atom. The number of aryl methyl sites for hydroxylation is 1. The quantitative estimate of drug-likeness (QED) is 0.820. The van der Waals surface area contributed by atoms with Crippen molar-refractivity contribution in [3.63, 3.8) is 0 Å². The number of nitrogens with two attached hydrogens (primary N) is 1. The Bertz CT molecular complexity index is 466. The van der Waals surface area contributed by atoms with Crippen LogP contribution in [0, 0.1) is 18.8 Å². The van der Waals surface area contributed by atoms with Crippen LogP contribution in [0.3, 0.4) is 0 Å². The summed E-state index contributed by atoms with van der Waals surface area (Å²) in [6.07, 6.45) is 3.43. The molecule has 1 aliphatic rings. The molecule has 1 aromatic rings. The smallest absolute Gasteiger partial charge is 0.251 e. The maximum atomic E-state index is 12.3. The van der Waals surface area contributed by atoms with Crippen molar-refractivity contribution < 1.29 is 4.79 Å². The number of carbonyl (C=O) groups is 1. The van der Waals surface area contributed by atoms with Crippen LogP contribution in [-0.2, 0) is 0 Å². The van der Waals surface area contributed by atoms with E-state index in [1.165, 1.54) is 6.42 Å². The summed E-state index contributed by atoms with van der Waals surface area (Å²) in [5.41, 5.74) is 8.08. The van der Waals surface area contributed by atoms with E-state index in [0.717, 1.165) is 18.4 Å². The lowest BCUT2D eigenvalue weighted by Crippen LogP contribution is -2.40. The second kappa shape index (κ2) is 6.98. The predicted octanol–water partition coefficient (Wildman–Crippen LogP) is 3.55. The van der Waals surface area contributed by atoms with E-state index in [9.17, 15) is 4.79 Å². The van der Waals surface area contributed by atoms with Gasteiger partial charge in [0.25, 0.3) is 5.91 Å². The number of amides is 1. The van der Waals surface area contributed by atoms with Gasteiger partial charge >= 0.3 is 0 Å². The van der Waals surface area contributed by atoms with Crippen molar-refractivity contribution in [3.05, 3.63) is 29.3 Å². The van der Waals surface area contributed by atoms with Gasteiger partial charge in [0.15, 0.2) is 0 Å². The Morgan fingerprint density at radius 3 is 2.40 bits per heavy atom. The van der Waals surface area contributed by atoms with Crippen molar-refractivity contribution in [3.8, 4) is 0 Å². The van der Waals surface area contributed by atoms with Crippen LogP contribution < -0.4 is 11.1 Å². The van der Waals surface area contributed by atoms with Gasteiger partial charge in [-0.15, -0.1) is 12.4 Å². The molecule has 1 amide bonds. The maximum absolute atomic E-state index is 12.3. The van der Waals surface area contributed by atoms with Gasteiger partial charge in [-0.05, 0) is 55.7 Å². The molecule has 2 unspecified atom stereocenters. The third-order valence-corrected chi connectivity index (χ3v) is 4.02. The van der Waals surface area contributed by atoms with Gasteiger partial charge in [0.1, 0.15) is 0 Å². The lowest BCUT2D eigenvalue weighted by Gasteiger charge is -2.32. The third kappa shape index (κ3) is 4.14. The normalized spacial score (nSPS) is 25.6. The summed E-state index contributed by atoms with van der Waals surface area (Å²) in [5.74, 6) is 1.39. The van der Waals surface area contributed by atoms with Crippen molar-refractivity contribution in [1.82, 2.24) is 5.32 Å². The minimum absolute atomic E-state index is 0. The second-order valence-electron chi connectivity index (χ2n) is 6.16. The molecule has 4 heteroatoms. The molecular weight excluding hydrogens is 272 g/mol. The Labute approximate surface area is 127 Å². The molecule has 0 spiro atoms. The fraction of sp³-hybridized carbons (Fsp3) is 0.562. The van der Waals surface area contributed by atoms with E-state index in [-0.39, 0.29) is 18.3 Å². The lowest BCUT2D eigenvalue weighted by molar-refractivity contribution is 0.0910. The zero-order valence-electron chi connectivity index (χ0n) is 12.5. The molecule has 112 valence electrons. The van der Waals surface area contributed by atoms with Crippen LogP contribution in [0.25, 0.3) is 0 Å². The Balaban J connectivity index is 0.00000200. The number of hydrogen-bond donors (Lipinski definition) is 2. The topological polar surface area (TPSA) is 55.1 Å². The molecule has 0 saturated heterocycles. The number of benzene rings is 1. The number of carbonyl (C=O) groups excluding carboxylic acids is 1. The van der Waals surface area contributed by atoms with Crippen LogP contribution in [0.4, 0.5) is 5.69 Å². The average molecular weight is 297 g/mol. The molecule has 2 rings (SSSR count). The number of hydrogen-bond acceptors (Lipinski definition) is 2. The lowest BCUT2D eigenvalue weighted by atomic mass is 9.80. The van der Waals surface area contributed by atoms with E-state index in [1.807, 2.05) is 19.1 Å². The SMILES string of the molecule is Cc1ccc(N)cc1C(=O)NC1CC(C)CC(C)C1.Cl. The van der Waals surface area contributed by atoms with Gasteiger partial charge in [-0.1, -0.05) is 19.9 Å². The zero-order valence-corrected chi connectivity index (χ0v) is 13.3. The average Bonchev–Trinajstić information content (AvgIpc) is 2.30. The Hall–Kier alpha value is -1.22. The van der Waals surface area contributed by atoms with E-state index in [0.29, 0.717) is 29.1 Å². The van der Waals surface area contributed by atoms with E-state index < -0.39 is 0 Å². The van der Waals surface area contributed by atoms with Crippen LogP contribution in [0.1, 0.15) is 49.0 Å². The number of nitrogens with one attached hydrogen (secondary N) is 1. The number of rotatable bonds is 2. The van der Waals surface area contributed by atoms with Gasteiger partial charge < -0.3 is 11.1 Å². The first-order valence-corrected chi connectivity index (χ1v) is 7.12. The van der Waals surface area contributed by atoms with Gasteiger partial charge in [-0.25, -0.2) is 0 Å². The van der Waals surface area contributed by atoms with Crippen LogP contribution in [-0.4, -0.2) is 11.9 Å². The van der Waals surface area contributed by atoms with Gasteiger partial charge in [0, 0.05) is 17.3 Å². The summed E-state index contributed by atoms with van der Waals surface area (Å²) in [4.78, 5) is 12.3. The van der Waals surface area contributed by atoms with Crippen molar-refractivity contribution in [1.29, 1.82) is 0 Å². The van der Waals surface area contributed by atoms with Gasteiger partial charge in [-0.2, -0.15) is 0 Å². The third-order valence-electron chi connectivity index (χ3n) is 4.02. The van der Waals surface area contributed by atoms with Gasteiger partial charge in [0.2, 0.25) is 0 Å². The minimum atomic E-state index is 0. The minimum Gasteiger partial charge on any atom is -0.399 e. The molecule has 0 radical (unpaired) electrons. The molecule has 3 nitrogen and oxygen atoms in total. The Kier molecular flexibility index (Phi) is 5.88. The van der Waals surface area contributed by atoms with E-state index >= 15 is 0 Å². The van der Waals surface area contributed by atoms with Crippen molar-refractivity contribution in [2.75, 3.05) is 5.73 Å². The highest BCUT2D eigenvalue weighted by Gasteiger charge is 2.25. The zero-order chi connectivity index (χ0) is 14.0. The molecule has 1 aromatic carbocycles. The van der Waals surface area contributed by atoms with E-state index in [4.69, 9.17) is 5.73 Å². The standard InChI is InChI=1S/C16H24N2O.ClH/c1-10-6-11(2)8-14(7-10)18-16(19)15-9-13(17)5-4-12(15)3;/h4-5,9-11,14H,6-8,17H2,1-3H3,(H,18,19);1H. The molecule has 20 heavy (non-hydrogen) atoms. The molecule has 0 bridgehead atoms. The molecule has 1 fully saturated rings. The van der Waals surface area contributed by atoms with Crippen molar-refractivity contribution in [2.24, 2.45) is 11.8 Å². The summed E-state index contributed by atoms with van der Waals surface area (Å²) in [6, 6.07) is 5.79.